The third-order valence-electron chi connectivity index (χ3n) is 4.28. The molecule has 1 heterocycles. The minimum absolute atomic E-state index is 0.0148. The van der Waals surface area contributed by atoms with Crippen molar-refractivity contribution in [1.82, 2.24) is 15.0 Å². The number of carbonyl (C=O) groups excluding carboxylic acids is 1. The highest BCUT2D eigenvalue weighted by Crippen LogP contribution is 2.27. The number of nitro groups is 1. The maximum absolute atomic E-state index is 13.4. The smallest absolute Gasteiger partial charge is 0.287 e. The summed E-state index contributed by atoms with van der Waals surface area (Å²) >= 11 is 0. The van der Waals surface area contributed by atoms with E-state index in [9.17, 15) is 19.3 Å². The van der Waals surface area contributed by atoms with Crippen LogP contribution >= 0.6 is 0 Å². The first-order valence-corrected chi connectivity index (χ1v) is 8.61. The van der Waals surface area contributed by atoms with Gasteiger partial charge in [0.05, 0.1) is 4.92 Å². The fourth-order valence-electron chi connectivity index (χ4n) is 2.88. The van der Waals surface area contributed by atoms with E-state index in [2.05, 4.69) is 10.2 Å². The standard InChI is InChI=1S/C21H13FN4O3/c22-16-12-10-14(11-13-16)19-20(21(27)15-6-2-1-3-7-15)24-25(23-19)17-8-4-5-9-18(17)26(28)29/h1-13H. The molecule has 0 unspecified atom stereocenters. The normalized spacial score (nSPS) is 10.7. The van der Waals surface area contributed by atoms with Crippen molar-refractivity contribution in [3.05, 3.63) is 106 Å². The summed E-state index contributed by atoms with van der Waals surface area (Å²) in [4.78, 5) is 24.9. The Labute approximate surface area is 164 Å². The lowest BCUT2D eigenvalue weighted by atomic mass is 10.0. The third kappa shape index (κ3) is 3.51. The Morgan fingerprint density at radius 1 is 0.897 bits per heavy atom. The SMILES string of the molecule is O=C(c1ccccc1)c1nn(-c2ccccc2[N+](=O)[O-])nc1-c1ccc(F)cc1. The number of rotatable bonds is 5. The lowest BCUT2D eigenvalue weighted by molar-refractivity contribution is -0.384. The van der Waals surface area contributed by atoms with Gasteiger partial charge in [0.2, 0.25) is 5.78 Å². The van der Waals surface area contributed by atoms with Gasteiger partial charge in [-0.05, 0) is 30.3 Å². The number of benzene rings is 3. The monoisotopic (exact) mass is 388 g/mol. The second-order valence-electron chi connectivity index (χ2n) is 6.13. The molecule has 8 heteroatoms. The minimum Gasteiger partial charge on any atom is -0.287 e. The van der Waals surface area contributed by atoms with Gasteiger partial charge in [-0.1, -0.05) is 42.5 Å². The molecule has 0 aliphatic heterocycles. The van der Waals surface area contributed by atoms with Crippen molar-refractivity contribution in [2.45, 2.75) is 0 Å². The topological polar surface area (TPSA) is 90.9 Å². The van der Waals surface area contributed by atoms with Crippen LogP contribution in [0.5, 0.6) is 0 Å². The first kappa shape index (κ1) is 18.2. The zero-order chi connectivity index (χ0) is 20.4. The predicted octanol–water partition coefficient (Wildman–Crippen LogP) is 4.21. The average Bonchev–Trinajstić information content (AvgIpc) is 3.19. The van der Waals surface area contributed by atoms with Gasteiger partial charge in [0, 0.05) is 17.2 Å². The average molecular weight is 388 g/mol. The van der Waals surface area contributed by atoms with Crippen molar-refractivity contribution in [3.63, 3.8) is 0 Å². The molecule has 3 aromatic carbocycles. The van der Waals surface area contributed by atoms with Crippen LogP contribution in [0.15, 0.2) is 78.9 Å². The Balaban J connectivity index is 1.91. The fourth-order valence-corrected chi connectivity index (χ4v) is 2.88. The molecule has 142 valence electrons. The number of hydrogen-bond donors (Lipinski definition) is 0. The molecule has 0 bridgehead atoms. The molecule has 0 spiro atoms. The van der Waals surface area contributed by atoms with Crippen LogP contribution in [0.4, 0.5) is 10.1 Å². The quantitative estimate of drug-likeness (QED) is 0.290. The summed E-state index contributed by atoms with van der Waals surface area (Å²) in [5.74, 6) is -0.828. The van der Waals surface area contributed by atoms with Crippen LogP contribution in [0.2, 0.25) is 0 Å². The van der Waals surface area contributed by atoms with Crippen molar-refractivity contribution in [2.24, 2.45) is 0 Å². The molecule has 0 fully saturated rings. The maximum Gasteiger partial charge on any atom is 0.296 e. The van der Waals surface area contributed by atoms with Gasteiger partial charge in [0.25, 0.3) is 5.69 Å². The van der Waals surface area contributed by atoms with E-state index < -0.39 is 16.5 Å². The molecule has 0 aliphatic rings. The van der Waals surface area contributed by atoms with Gasteiger partial charge in [-0.25, -0.2) is 4.39 Å². The minimum atomic E-state index is -0.547. The van der Waals surface area contributed by atoms with E-state index in [1.54, 1.807) is 36.4 Å². The van der Waals surface area contributed by atoms with Gasteiger partial charge in [-0.3, -0.25) is 14.9 Å². The van der Waals surface area contributed by atoms with E-state index in [-0.39, 0.29) is 22.8 Å². The van der Waals surface area contributed by atoms with Gasteiger partial charge < -0.3 is 0 Å². The molecule has 0 N–H and O–H groups in total. The van der Waals surface area contributed by atoms with Crippen molar-refractivity contribution in [3.8, 4) is 16.9 Å². The summed E-state index contributed by atoms with van der Waals surface area (Å²) < 4.78 is 13.4. The van der Waals surface area contributed by atoms with Crippen LogP contribution in [-0.4, -0.2) is 25.7 Å². The Bertz CT molecular complexity index is 1200. The van der Waals surface area contributed by atoms with Gasteiger partial charge in [-0.15, -0.1) is 15.0 Å². The third-order valence-corrected chi connectivity index (χ3v) is 4.28. The molecule has 0 saturated heterocycles. The van der Waals surface area contributed by atoms with Gasteiger partial charge in [0.1, 0.15) is 11.5 Å². The molecule has 29 heavy (non-hydrogen) atoms. The highest BCUT2D eigenvalue weighted by atomic mass is 19.1. The molecule has 0 radical (unpaired) electrons. The predicted molar refractivity (Wildman–Crippen MR) is 103 cm³/mol. The first-order valence-electron chi connectivity index (χ1n) is 8.61. The highest BCUT2D eigenvalue weighted by Gasteiger charge is 2.24. The second-order valence-corrected chi connectivity index (χ2v) is 6.13. The van der Waals surface area contributed by atoms with Gasteiger partial charge in [-0.2, -0.15) is 0 Å². The molecule has 7 nitrogen and oxygen atoms in total. The lowest BCUT2D eigenvalue weighted by Crippen LogP contribution is -2.06. The number of ketones is 1. The zero-order valence-corrected chi connectivity index (χ0v) is 14.9. The summed E-state index contributed by atoms with van der Waals surface area (Å²) in [6.07, 6.45) is 0. The molecule has 1 aromatic heterocycles. The van der Waals surface area contributed by atoms with Crippen molar-refractivity contribution >= 4 is 11.5 Å². The highest BCUT2D eigenvalue weighted by molar-refractivity contribution is 6.10. The summed E-state index contributed by atoms with van der Waals surface area (Å²) in [7, 11) is 0. The Morgan fingerprint density at radius 2 is 1.55 bits per heavy atom. The van der Waals surface area contributed by atoms with Crippen molar-refractivity contribution in [2.75, 3.05) is 0 Å². The molecular weight excluding hydrogens is 375 g/mol. The molecule has 4 rings (SSSR count). The van der Waals surface area contributed by atoms with E-state index in [1.165, 1.54) is 42.5 Å². The summed E-state index contributed by atoms with van der Waals surface area (Å²) in [6.45, 7) is 0. The van der Waals surface area contributed by atoms with E-state index in [4.69, 9.17) is 0 Å². The molecule has 0 amide bonds. The molecule has 0 atom stereocenters. The second kappa shape index (κ2) is 7.43. The van der Waals surface area contributed by atoms with Crippen LogP contribution in [0, 0.1) is 15.9 Å². The van der Waals surface area contributed by atoms with E-state index in [0.29, 0.717) is 11.1 Å². The number of nitrogens with zero attached hydrogens (tertiary/aromatic N) is 4. The largest absolute Gasteiger partial charge is 0.296 e. The fraction of sp³-hybridized carbons (Fsp3) is 0. The maximum atomic E-state index is 13.4. The van der Waals surface area contributed by atoms with E-state index in [0.717, 1.165) is 4.80 Å². The van der Waals surface area contributed by atoms with Crippen LogP contribution in [0.25, 0.3) is 16.9 Å². The van der Waals surface area contributed by atoms with Crippen molar-refractivity contribution in [1.29, 1.82) is 0 Å². The molecule has 0 saturated carbocycles. The van der Waals surface area contributed by atoms with Gasteiger partial charge >= 0.3 is 0 Å². The lowest BCUT2D eigenvalue weighted by Gasteiger charge is -2.00. The Kier molecular flexibility index (Phi) is 4.66. The van der Waals surface area contributed by atoms with Crippen LogP contribution < -0.4 is 0 Å². The van der Waals surface area contributed by atoms with Crippen LogP contribution in [0.1, 0.15) is 16.1 Å². The summed E-state index contributed by atoms with van der Waals surface area (Å²) in [6, 6.07) is 19.9. The van der Waals surface area contributed by atoms with E-state index >= 15 is 0 Å². The Hall–Kier alpha value is -4.20. The molecule has 4 aromatic rings. The number of aromatic nitrogens is 3. The number of carbonyl (C=O) groups is 1. The first-order chi connectivity index (χ1) is 14.0. The number of nitro benzene ring substituents is 1. The Morgan fingerprint density at radius 3 is 2.24 bits per heavy atom. The summed E-state index contributed by atoms with van der Waals surface area (Å²) in [5, 5.41) is 20.0. The van der Waals surface area contributed by atoms with Gasteiger partial charge in [0.15, 0.2) is 11.4 Å². The van der Waals surface area contributed by atoms with Crippen molar-refractivity contribution < 1.29 is 14.1 Å². The summed E-state index contributed by atoms with van der Waals surface area (Å²) in [5.41, 5.74) is 0.999. The number of hydrogen-bond acceptors (Lipinski definition) is 5. The molecule has 0 aliphatic carbocycles. The number of para-hydroxylation sites is 2. The number of halogens is 1. The van der Waals surface area contributed by atoms with Crippen LogP contribution in [0.3, 0.4) is 0 Å². The zero-order valence-electron chi connectivity index (χ0n) is 14.9. The molecular formula is C21H13FN4O3. The van der Waals surface area contributed by atoms with E-state index in [1.807, 2.05) is 0 Å². The van der Waals surface area contributed by atoms with Crippen LogP contribution in [-0.2, 0) is 0 Å².